The van der Waals surface area contributed by atoms with Crippen molar-refractivity contribution in [3.05, 3.63) is 76.8 Å². The van der Waals surface area contributed by atoms with Crippen LogP contribution < -0.4 is 10.3 Å². The number of rotatable bonds is 7. The fourth-order valence-corrected chi connectivity index (χ4v) is 3.52. The van der Waals surface area contributed by atoms with Gasteiger partial charge in [-0.2, -0.15) is 0 Å². The molecule has 1 unspecified atom stereocenters. The molecule has 6 heteroatoms. The zero-order valence-corrected chi connectivity index (χ0v) is 16.6. The van der Waals surface area contributed by atoms with E-state index >= 15 is 0 Å². The van der Waals surface area contributed by atoms with Crippen molar-refractivity contribution in [1.29, 1.82) is 0 Å². The van der Waals surface area contributed by atoms with E-state index in [2.05, 4.69) is 41.2 Å². The van der Waals surface area contributed by atoms with Gasteiger partial charge in [-0.05, 0) is 56.0 Å². The van der Waals surface area contributed by atoms with Crippen molar-refractivity contribution in [2.75, 3.05) is 7.11 Å². The van der Waals surface area contributed by atoms with E-state index < -0.39 is 0 Å². The first kappa shape index (κ1) is 18.9. The number of imidazole rings is 1. The third-order valence-electron chi connectivity index (χ3n) is 5.20. The third kappa shape index (κ3) is 4.06. The summed E-state index contributed by atoms with van der Waals surface area (Å²) in [4.78, 5) is 24.4. The Labute approximate surface area is 169 Å². The van der Waals surface area contributed by atoms with Gasteiger partial charge in [0.15, 0.2) is 11.2 Å². The van der Waals surface area contributed by atoms with Crippen LogP contribution in [0.2, 0.25) is 0 Å². The van der Waals surface area contributed by atoms with Gasteiger partial charge in [0.05, 0.1) is 13.4 Å². The van der Waals surface area contributed by atoms with Crippen LogP contribution in [0.25, 0.3) is 22.6 Å². The van der Waals surface area contributed by atoms with E-state index in [4.69, 9.17) is 9.72 Å². The number of hydrogen-bond acceptors (Lipinski definition) is 4. The first-order valence-corrected chi connectivity index (χ1v) is 9.81. The molecule has 0 fully saturated rings. The molecule has 1 atom stereocenters. The molecular weight excluding hydrogens is 364 g/mol. The second kappa shape index (κ2) is 8.31. The summed E-state index contributed by atoms with van der Waals surface area (Å²) in [5.74, 6) is 1.29. The van der Waals surface area contributed by atoms with Gasteiger partial charge in [-0.3, -0.25) is 4.79 Å². The summed E-state index contributed by atoms with van der Waals surface area (Å²) in [7, 11) is 1.62. The number of hydrogen-bond donors (Lipinski definition) is 1. The summed E-state index contributed by atoms with van der Waals surface area (Å²) in [6.07, 6.45) is 4.78. The molecule has 0 radical (unpaired) electrons. The van der Waals surface area contributed by atoms with E-state index in [1.54, 1.807) is 13.4 Å². The Morgan fingerprint density at radius 2 is 1.86 bits per heavy atom. The van der Waals surface area contributed by atoms with Gasteiger partial charge in [0.2, 0.25) is 0 Å². The maximum absolute atomic E-state index is 12.5. The number of aromatic amines is 1. The predicted octanol–water partition coefficient (Wildman–Crippen LogP) is 4.38. The Morgan fingerprint density at radius 1 is 1.10 bits per heavy atom. The minimum absolute atomic E-state index is 0.196. The Hall–Kier alpha value is -3.41. The normalized spacial score (nSPS) is 12.2. The fraction of sp³-hybridized carbons (Fsp3) is 0.261. The molecule has 0 aliphatic carbocycles. The first-order valence-electron chi connectivity index (χ1n) is 9.81. The highest BCUT2D eigenvalue weighted by Gasteiger charge is 2.15. The molecule has 6 nitrogen and oxygen atoms in total. The number of nitrogens with one attached hydrogen (secondary N) is 1. The van der Waals surface area contributed by atoms with Crippen LogP contribution >= 0.6 is 0 Å². The molecule has 4 rings (SSSR count). The van der Waals surface area contributed by atoms with Gasteiger partial charge in [-0.15, -0.1) is 0 Å². The van der Waals surface area contributed by atoms with E-state index in [0.717, 1.165) is 30.6 Å². The summed E-state index contributed by atoms with van der Waals surface area (Å²) in [6, 6.07) is 18.1. The number of benzene rings is 2. The molecule has 0 aliphatic heterocycles. The minimum atomic E-state index is -0.226. The quantitative estimate of drug-likeness (QED) is 0.510. The van der Waals surface area contributed by atoms with Crippen LogP contribution in [-0.4, -0.2) is 26.6 Å². The van der Waals surface area contributed by atoms with E-state index in [1.165, 1.54) is 5.56 Å². The summed E-state index contributed by atoms with van der Waals surface area (Å²) >= 11 is 0. The third-order valence-corrected chi connectivity index (χ3v) is 5.20. The van der Waals surface area contributed by atoms with Crippen molar-refractivity contribution >= 4 is 11.2 Å². The lowest BCUT2D eigenvalue weighted by atomic mass is 10.1. The highest BCUT2D eigenvalue weighted by molar-refractivity contribution is 5.72. The topological polar surface area (TPSA) is 72.8 Å². The van der Waals surface area contributed by atoms with E-state index in [9.17, 15) is 4.79 Å². The van der Waals surface area contributed by atoms with Crippen molar-refractivity contribution in [2.45, 2.75) is 32.2 Å². The second-order valence-corrected chi connectivity index (χ2v) is 7.19. The van der Waals surface area contributed by atoms with Gasteiger partial charge in [0.1, 0.15) is 11.6 Å². The number of ether oxygens (including phenoxy) is 1. The number of H-pyrrole nitrogens is 1. The van der Waals surface area contributed by atoms with Crippen molar-refractivity contribution in [3.8, 4) is 17.1 Å². The smallest absolute Gasteiger partial charge is 0.279 e. The molecule has 0 amide bonds. The van der Waals surface area contributed by atoms with Gasteiger partial charge in [-0.1, -0.05) is 30.3 Å². The Bertz CT molecular complexity index is 1150. The molecule has 2 aromatic carbocycles. The number of aryl methyl sites for hydroxylation is 1. The summed E-state index contributed by atoms with van der Waals surface area (Å²) in [6.45, 7) is 2.14. The molecule has 0 saturated heterocycles. The van der Waals surface area contributed by atoms with Crippen molar-refractivity contribution in [2.24, 2.45) is 0 Å². The molecule has 0 bridgehead atoms. The summed E-state index contributed by atoms with van der Waals surface area (Å²) in [5.41, 5.74) is 2.93. The van der Waals surface area contributed by atoms with Crippen molar-refractivity contribution < 1.29 is 4.74 Å². The highest BCUT2D eigenvalue weighted by atomic mass is 16.5. The molecule has 0 saturated carbocycles. The number of nitrogens with zero attached hydrogens (tertiary/aromatic N) is 3. The van der Waals surface area contributed by atoms with Gasteiger partial charge in [0, 0.05) is 11.6 Å². The Kier molecular flexibility index (Phi) is 5.42. The Morgan fingerprint density at radius 3 is 2.59 bits per heavy atom. The van der Waals surface area contributed by atoms with Crippen LogP contribution in [0.4, 0.5) is 0 Å². The zero-order valence-electron chi connectivity index (χ0n) is 16.6. The Balaban J connectivity index is 1.57. The standard InChI is InChI=1S/C23H24N4O2/c1-16(7-6-10-17-8-4-3-5-9-17)27-15-24-20-22(27)25-21(26-23(20)28)18-11-13-19(29-2)14-12-18/h3-5,8-9,11-16H,6-7,10H2,1-2H3,(H,25,26,28). The molecule has 148 valence electrons. The van der Waals surface area contributed by atoms with Crippen LogP contribution in [0, 0.1) is 0 Å². The van der Waals surface area contributed by atoms with Crippen LogP contribution in [-0.2, 0) is 6.42 Å². The maximum Gasteiger partial charge on any atom is 0.279 e. The van der Waals surface area contributed by atoms with Gasteiger partial charge in [-0.25, -0.2) is 9.97 Å². The van der Waals surface area contributed by atoms with Crippen LogP contribution in [0.15, 0.2) is 65.7 Å². The molecule has 4 aromatic rings. The lowest BCUT2D eigenvalue weighted by Crippen LogP contribution is -2.12. The second-order valence-electron chi connectivity index (χ2n) is 7.19. The lowest BCUT2D eigenvalue weighted by molar-refractivity contribution is 0.415. The molecule has 1 N–H and O–H groups in total. The van der Waals surface area contributed by atoms with Crippen LogP contribution in [0.1, 0.15) is 31.4 Å². The number of methoxy groups -OCH3 is 1. The fourth-order valence-electron chi connectivity index (χ4n) is 3.52. The maximum atomic E-state index is 12.5. The number of aromatic nitrogens is 4. The van der Waals surface area contributed by atoms with Gasteiger partial charge in [0.25, 0.3) is 5.56 Å². The molecular formula is C23H24N4O2. The van der Waals surface area contributed by atoms with Gasteiger partial charge < -0.3 is 14.3 Å². The largest absolute Gasteiger partial charge is 0.497 e. The highest BCUT2D eigenvalue weighted by Crippen LogP contribution is 2.22. The minimum Gasteiger partial charge on any atom is -0.497 e. The van der Waals surface area contributed by atoms with E-state index in [0.29, 0.717) is 17.0 Å². The first-order chi connectivity index (χ1) is 14.2. The monoisotopic (exact) mass is 388 g/mol. The predicted molar refractivity (Wildman–Crippen MR) is 114 cm³/mol. The average Bonchev–Trinajstić information content (AvgIpc) is 3.19. The molecule has 0 aliphatic rings. The van der Waals surface area contributed by atoms with Crippen LogP contribution in [0.5, 0.6) is 5.75 Å². The van der Waals surface area contributed by atoms with Crippen molar-refractivity contribution in [1.82, 2.24) is 19.5 Å². The molecule has 29 heavy (non-hydrogen) atoms. The lowest BCUT2D eigenvalue weighted by Gasteiger charge is -2.14. The van der Waals surface area contributed by atoms with Gasteiger partial charge >= 0.3 is 0 Å². The summed E-state index contributed by atoms with van der Waals surface area (Å²) in [5, 5.41) is 0. The van der Waals surface area contributed by atoms with E-state index in [-0.39, 0.29) is 11.6 Å². The SMILES string of the molecule is COc1ccc(-c2nc3c(ncn3C(C)CCCc3ccccc3)c(=O)[nH]2)cc1. The van der Waals surface area contributed by atoms with E-state index in [1.807, 2.05) is 34.9 Å². The molecule has 0 spiro atoms. The van der Waals surface area contributed by atoms with Crippen LogP contribution in [0.3, 0.4) is 0 Å². The number of fused-ring (bicyclic) bond motifs is 1. The average molecular weight is 388 g/mol. The summed E-state index contributed by atoms with van der Waals surface area (Å²) < 4.78 is 7.20. The zero-order chi connectivity index (χ0) is 20.2. The van der Waals surface area contributed by atoms with Crippen molar-refractivity contribution in [3.63, 3.8) is 0 Å². The molecule has 2 aromatic heterocycles. The molecule has 2 heterocycles.